The second-order valence-electron chi connectivity index (χ2n) is 5.76. The Bertz CT molecular complexity index is 603. The van der Waals surface area contributed by atoms with Crippen LogP contribution in [0.3, 0.4) is 0 Å². The molecule has 0 saturated heterocycles. The first-order valence-corrected chi connectivity index (χ1v) is 8.04. The number of aromatic nitrogens is 2. The molecule has 112 valence electrons. The lowest BCUT2D eigenvalue weighted by Gasteiger charge is -2.22. The van der Waals surface area contributed by atoms with Gasteiger partial charge in [-0.25, -0.2) is 4.68 Å². The Hall–Kier alpha value is -1.48. The number of rotatable bonds is 4. The maximum absolute atomic E-state index is 6.42. The van der Waals surface area contributed by atoms with E-state index < -0.39 is 0 Å². The molecule has 1 aromatic heterocycles. The van der Waals surface area contributed by atoms with Crippen LogP contribution in [-0.4, -0.2) is 15.9 Å². The van der Waals surface area contributed by atoms with E-state index in [1.54, 1.807) is 6.20 Å². The monoisotopic (exact) mass is 304 g/mol. The van der Waals surface area contributed by atoms with E-state index in [1.165, 1.54) is 30.4 Å². The van der Waals surface area contributed by atoms with Crippen molar-refractivity contribution in [1.82, 2.24) is 9.78 Å². The largest absolute Gasteiger partial charge is 0.486 e. The van der Waals surface area contributed by atoms with E-state index in [-0.39, 0.29) is 0 Å². The summed E-state index contributed by atoms with van der Waals surface area (Å²) in [5, 5.41) is 4.98. The summed E-state index contributed by atoms with van der Waals surface area (Å²) in [6, 6.07) is 8.29. The molecule has 1 aliphatic rings. The van der Waals surface area contributed by atoms with Crippen LogP contribution in [0.2, 0.25) is 5.15 Å². The fourth-order valence-electron chi connectivity index (χ4n) is 2.85. The van der Waals surface area contributed by atoms with Crippen molar-refractivity contribution in [1.29, 1.82) is 0 Å². The first kappa shape index (κ1) is 14.5. The van der Waals surface area contributed by atoms with E-state index in [2.05, 4.69) is 24.2 Å². The summed E-state index contributed by atoms with van der Waals surface area (Å²) in [5.74, 6) is 0.720. The number of halogens is 1. The van der Waals surface area contributed by atoms with Gasteiger partial charge in [0.2, 0.25) is 0 Å². The van der Waals surface area contributed by atoms with Crippen LogP contribution >= 0.6 is 11.6 Å². The third kappa shape index (κ3) is 3.41. The third-order valence-corrected chi connectivity index (χ3v) is 4.55. The Morgan fingerprint density at radius 3 is 2.76 bits per heavy atom. The molecule has 0 amide bonds. The van der Waals surface area contributed by atoms with Crippen LogP contribution in [0.5, 0.6) is 5.75 Å². The predicted octanol–water partition coefficient (Wildman–Crippen LogP) is 4.60. The van der Waals surface area contributed by atoms with Crippen LogP contribution in [0.1, 0.15) is 43.2 Å². The van der Waals surface area contributed by atoms with Crippen molar-refractivity contribution < 1.29 is 4.74 Å². The molecule has 1 saturated carbocycles. The molecular formula is C17H21ClN2O. The second-order valence-corrected chi connectivity index (χ2v) is 6.12. The minimum absolute atomic E-state index is 0.298. The smallest absolute Gasteiger partial charge is 0.176 e. The van der Waals surface area contributed by atoms with Gasteiger partial charge >= 0.3 is 0 Å². The van der Waals surface area contributed by atoms with Crippen molar-refractivity contribution in [2.24, 2.45) is 0 Å². The topological polar surface area (TPSA) is 27.1 Å². The molecule has 21 heavy (non-hydrogen) atoms. The number of hydrogen-bond donors (Lipinski definition) is 0. The van der Waals surface area contributed by atoms with Gasteiger partial charge in [0, 0.05) is 0 Å². The van der Waals surface area contributed by atoms with Crippen LogP contribution in [0.15, 0.2) is 30.5 Å². The van der Waals surface area contributed by atoms with Crippen molar-refractivity contribution >= 4 is 11.6 Å². The molecule has 0 unspecified atom stereocenters. The van der Waals surface area contributed by atoms with Gasteiger partial charge in [-0.05, 0) is 43.7 Å². The summed E-state index contributed by atoms with van der Waals surface area (Å²) in [5.41, 5.74) is 2.48. The maximum atomic E-state index is 6.42. The van der Waals surface area contributed by atoms with Gasteiger partial charge in [-0.1, -0.05) is 42.3 Å². The number of ether oxygens (including phenoxy) is 1. The van der Waals surface area contributed by atoms with Gasteiger partial charge in [0.15, 0.2) is 10.9 Å². The van der Waals surface area contributed by atoms with Crippen LogP contribution < -0.4 is 4.74 Å². The molecule has 0 atom stereocenters. The first-order chi connectivity index (χ1) is 10.2. The molecule has 3 rings (SSSR count). The molecule has 0 radical (unpaired) electrons. The average molecular weight is 305 g/mol. The van der Waals surface area contributed by atoms with Gasteiger partial charge in [0.05, 0.1) is 18.8 Å². The third-order valence-electron chi connectivity index (χ3n) is 4.17. The Kier molecular flexibility index (Phi) is 4.49. The summed E-state index contributed by atoms with van der Waals surface area (Å²) in [7, 11) is 0. The molecule has 0 aliphatic heterocycles. The standard InChI is InChI=1S/C17H21ClN2O/c1-13-7-5-6-8-14(13)12-20-17(18)16(11-19-20)21-15-9-3-2-4-10-15/h5-8,11,15H,2-4,9-10,12H2,1H3. The van der Waals surface area contributed by atoms with Crippen molar-refractivity contribution in [2.45, 2.75) is 51.7 Å². The van der Waals surface area contributed by atoms with Crippen LogP contribution in [0, 0.1) is 6.92 Å². The molecule has 0 N–H and O–H groups in total. The fourth-order valence-corrected chi connectivity index (χ4v) is 3.05. The van der Waals surface area contributed by atoms with Crippen molar-refractivity contribution in [3.05, 3.63) is 46.7 Å². The highest BCUT2D eigenvalue weighted by molar-refractivity contribution is 6.31. The quantitative estimate of drug-likeness (QED) is 0.825. The van der Waals surface area contributed by atoms with Gasteiger partial charge in [-0.3, -0.25) is 0 Å². The zero-order valence-corrected chi connectivity index (χ0v) is 13.1. The van der Waals surface area contributed by atoms with E-state index in [9.17, 15) is 0 Å². The van der Waals surface area contributed by atoms with E-state index >= 15 is 0 Å². The number of benzene rings is 1. The summed E-state index contributed by atoms with van der Waals surface area (Å²) in [4.78, 5) is 0. The summed E-state index contributed by atoms with van der Waals surface area (Å²) < 4.78 is 7.83. The van der Waals surface area contributed by atoms with Crippen LogP contribution in [0.4, 0.5) is 0 Å². The van der Waals surface area contributed by atoms with E-state index in [1.807, 2.05) is 16.8 Å². The second kappa shape index (κ2) is 6.52. The maximum Gasteiger partial charge on any atom is 0.176 e. The lowest BCUT2D eigenvalue weighted by atomic mass is 9.98. The van der Waals surface area contributed by atoms with Gasteiger partial charge in [0.25, 0.3) is 0 Å². The highest BCUT2D eigenvalue weighted by Crippen LogP contribution is 2.29. The molecular weight excluding hydrogens is 284 g/mol. The molecule has 1 heterocycles. The Morgan fingerprint density at radius 1 is 1.24 bits per heavy atom. The molecule has 1 aliphatic carbocycles. The molecule has 0 bridgehead atoms. The zero-order valence-electron chi connectivity index (χ0n) is 12.4. The number of nitrogens with zero attached hydrogens (tertiary/aromatic N) is 2. The minimum atomic E-state index is 0.298. The Labute approximate surface area is 130 Å². The number of aryl methyl sites for hydroxylation is 1. The molecule has 0 spiro atoms. The van der Waals surface area contributed by atoms with E-state index in [0.717, 1.165) is 18.6 Å². The molecule has 3 nitrogen and oxygen atoms in total. The summed E-state index contributed by atoms with van der Waals surface area (Å²) in [6.45, 7) is 2.78. The first-order valence-electron chi connectivity index (χ1n) is 7.66. The number of hydrogen-bond acceptors (Lipinski definition) is 2. The van der Waals surface area contributed by atoms with Gasteiger partial charge in [0.1, 0.15) is 0 Å². The lowest BCUT2D eigenvalue weighted by Crippen LogP contribution is -2.19. The van der Waals surface area contributed by atoms with Crippen LogP contribution in [-0.2, 0) is 6.54 Å². The highest BCUT2D eigenvalue weighted by atomic mass is 35.5. The SMILES string of the molecule is Cc1ccccc1Cn1ncc(OC2CCCCC2)c1Cl. The predicted molar refractivity (Wildman–Crippen MR) is 85.0 cm³/mol. The summed E-state index contributed by atoms with van der Waals surface area (Å²) in [6.07, 6.45) is 8.11. The Morgan fingerprint density at radius 2 is 2.00 bits per heavy atom. The normalized spacial score (nSPS) is 16.1. The minimum Gasteiger partial charge on any atom is -0.486 e. The average Bonchev–Trinajstić information content (AvgIpc) is 2.84. The molecule has 2 aromatic rings. The molecule has 1 aromatic carbocycles. The van der Waals surface area contributed by atoms with Crippen molar-refractivity contribution in [3.63, 3.8) is 0 Å². The van der Waals surface area contributed by atoms with E-state index in [4.69, 9.17) is 16.3 Å². The highest BCUT2D eigenvalue weighted by Gasteiger charge is 2.18. The van der Waals surface area contributed by atoms with Gasteiger partial charge in [-0.15, -0.1) is 0 Å². The van der Waals surface area contributed by atoms with Crippen LogP contribution in [0.25, 0.3) is 0 Å². The Balaban J connectivity index is 1.71. The fraction of sp³-hybridized carbons (Fsp3) is 0.471. The summed E-state index contributed by atoms with van der Waals surface area (Å²) >= 11 is 6.42. The molecule has 4 heteroatoms. The van der Waals surface area contributed by atoms with Crippen molar-refractivity contribution in [2.75, 3.05) is 0 Å². The van der Waals surface area contributed by atoms with Crippen molar-refractivity contribution in [3.8, 4) is 5.75 Å². The zero-order chi connectivity index (χ0) is 14.7. The molecule has 1 fully saturated rings. The lowest BCUT2D eigenvalue weighted by molar-refractivity contribution is 0.155. The van der Waals surface area contributed by atoms with Gasteiger partial charge in [-0.2, -0.15) is 5.10 Å². The van der Waals surface area contributed by atoms with Gasteiger partial charge < -0.3 is 4.74 Å². The van der Waals surface area contributed by atoms with E-state index in [0.29, 0.717) is 17.8 Å².